The lowest BCUT2D eigenvalue weighted by Crippen LogP contribution is -2.15. The van der Waals surface area contributed by atoms with Crippen LogP contribution in [0.1, 0.15) is 49.9 Å². The van der Waals surface area contributed by atoms with Crippen LogP contribution in [0.4, 0.5) is 0 Å². The predicted octanol–water partition coefficient (Wildman–Crippen LogP) is 22.1. The zero-order chi connectivity index (χ0) is 61.8. The average Bonchev–Trinajstić information content (AvgIpc) is 1.59. The van der Waals surface area contributed by atoms with Gasteiger partial charge in [-0.1, -0.05) is 222 Å². The number of hydrogen-bond acceptors (Lipinski definition) is 3. The minimum absolute atomic E-state index is 0.106. The van der Waals surface area contributed by atoms with Crippen LogP contribution in [-0.4, -0.2) is 28.7 Å². The van der Waals surface area contributed by atoms with E-state index in [1.165, 1.54) is 116 Å². The van der Waals surface area contributed by atoms with Crippen molar-refractivity contribution in [2.75, 3.05) is 0 Å². The van der Waals surface area contributed by atoms with Crippen LogP contribution in [0.15, 0.2) is 291 Å². The number of aromatic nitrogens is 6. The third kappa shape index (κ3) is 7.98. The normalized spacial score (nSPS) is 13.5. The van der Waals surface area contributed by atoms with Crippen LogP contribution < -0.4 is 0 Å². The van der Waals surface area contributed by atoms with Gasteiger partial charge in [-0.2, -0.15) is 0 Å². The van der Waals surface area contributed by atoms with Gasteiger partial charge in [0.2, 0.25) is 0 Å². The van der Waals surface area contributed by atoms with Gasteiger partial charge in [-0.05, 0) is 164 Å². The van der Waals surface area contributed by atoms with Gasteiger partial charge >= 0.3 is 0 Å². The summed E-state index contributed by atoms with van der Waals surface area (Å²) < 4.78 is 7.35. The Morgan fingerprint density at radius 3 is 0.968 bits per heavy atom. The lowest BCUT2D eigenvalue weighted by Gasteiger charge is -2.22. The second kappa shape index (κ2) is 19.9. The van der Waals surface area contributed by atoms with Crippen molar-refractivity contribution in [3.05, 3.63) is 313 Å². The molecule has 6 nitrogen and oxygen atoms in total. The first-order chi connectivity index (χ1) is 45.6. The fraction of sp³-hybridized carbons (Fsp3) is 0.0690. The largest absolute Gasteiger partial charge is 0.309 e. The van der Waals surface area contributed by atoms with Crippen molar-refractivity contribution in [2.45, 2.75) is 38.5 Å². The molecule has 0 radical (unpaired) electrons. The van der Waals surface area contributed by atoms with E-state index in [1.807, 2.05) is 36.4 Å². The van der Waals surface area contributed by atoms with E-state index in [0.717, 1.165) is 50.2 Å². The van der Waals surface area contributed by atoms with Crippen LogP contribution in [0.2, 0.25) is 0 Å². The van der Waals surface area contributed by atoms with Crippen LogP contribution in [0.5, 0.6) is 0 Å². The SMILES string of the molecule is CC1(C)c2ccccc2-c2ccc(-n3c4ccccc4c4cc(-c5ccc6c(c5)c5cc(-c7ccc8c(c7)c7ccccc7n8-c7cccc(-c8nc(-c9ccccc9)nc(-c9ccccc9)n8)c7)ccc5n6-c5ccc6c(c5)C(C)(C)c5ccccc5-6)ccc43)cc21. The highest BCUT2D eigenvalue weighted by Gasteiger charge is 2.37. The van der Waals surface area contributed by atoms with E-state index in [-0.39, 0.29) is 10.8 Å². The number of fused-ring (bicyclic) bond motifs is 15. The maximum absolute atomic E-state index is 5.11. The van der Waals surface area contributed by atoms with Gasteiger partial charge in [-0.15, -0.1) is 0 Å². The highest BCUT2D eigenvalue weighted by atomic mass is 15.0. The second-order valence-electron chi connectivity index (χ2n) is 26.4. The first-order valence-electron chi connectivity index (χ1n) is 32.2. The van der Waals surface area contributed by atoms with Crippen LogP contribution in [0.3, 0.4) is 0 Å². The summed E-state index contributed by atoms with van der Waals surface area (Å²) >= 11 is 0. The van der Waals surface area contributed by atoms with Crippen LogP contribution in [-0.2, 0) is 10.8 Å². The van der Waals surface area contributed by atoms with Gasteiger partial charge in [0.25, 0.3) is 0 Å². The van der Waals surface area contributed by atoms with Gasteiger partial charge in [0.05, 0.1) is 33.1 Å². The van der Waals surface area contributed by atoms with Crippen molar-refractivity contribution in [1.82, 2.24) is 28.7 Å². The average molecular weight is 1190 g/mol. The van der Waals surface area contributed by atoms with E-state index >= 15 is 0 Å². The fourth-order valence-corrected chi connectivity index (χ4v) is 15.9. The standard InChI is InChI=1S/C87H60N6/c1-86(2)73-30-15-11-26-63(73)65-40-38-61(51-75(65)86)92-78-33-18-14-29-68(78)70-48-56(35-43-80(70)92)58-37-45-82-72(50-58)71-49-57(36-44-81(71)93(82)62-39-41-66-64-27-12-16-31-74(64)87(3,4)76(66)52-62)55-34-42-79-69(47-55)67-28-13-17-32-77(67)91(79)60-25-19-24-59(46-60)85-89-83(53-20-7-5-8-21-53)88-84(90-85)54-22-9-6-10-23-54/h5-52H,1-4H3. The highest BCUT2D eigenvalue weighted by Crippen LogP contribution is 2.52. The van der Waals surface area contributed by atoms with Crippen molar-refractivity contribution in [3.8, 4) is 95.7 Å². The summed E-state index contributed by atoms with van der Waals surface area (Å²) in [5.41, 5.74) is 28.3. The Morgan fingerprint density at radius 1 is 0.215 bits per heavy atom. The summed E-state index contributed by atoms with van der Waals surface area (Å²) in [6, 6.07) is 107. The first kappa shape index (κ1) is 53.1. The minimum atomic E-state index is -0.149. The zero-order valence-corrected chi connectivity index (χ0v) is 51.9. The van der Waals surface area contributed by atoms with E-state index in [2.05, 4.69) is 296 Å². The molecule has 0 bridgehead atoms. The van der Waals surface area contributed by atoms with Crippen molar-refractivity contribution in [2.24, 2.45) is 0 Å². The summed E-state index contributed by atoms with van der Waals surface area (Å²) in [6.07, 6.45) is 0. The molecule has 13 aromatic carbocycles. The van der Waals surface area contributed by atoms with Crippen molar-refractivity contribution >= 4 is 65.4 Å². The maximum Gasteiger partial charge on any atom is 0.164 e. The molecule has 0 spiro atoms. The Labute approximate surface area is 538 Å². The smallest absolute Gasteiger partial charge is 0.164 e. The van der Waals surface area contributed by atoms with E-state index in [9.17, 15) is 0 Å². The Kier molecular flexibility index (Phi) is 11.4. The first-order valence-corrected chi connectivity index (χ1v) is 32.2. The van der Waals surface area contributed by atoms with E-state index in [1.54, 1.807) is 0 Å². The molecule has 2 aliphatic carbocycles. The third-order valence-corrected chi connectivity index (χ3v) is 20.5. The molecule has 93 heavy (non-hydrogen) atoms. The summed E-state index contributed by atoms with van der Waals surface area (Å²) in [7, 11) is 0. The highest BCUT2D eigenvalue weighted by molar-refractivity contribution is 6.15. The molecule has 0 amide bonds. The van der Waals surface area contributed by atoms with E-state index in [4.69, 9.17) is 15.0 Å². The molecule has 0 N–H and O–H groups in total. The molecule has 4 aromatic heterocycles. The predicted molar refractivity (Wildman–Crippen MR) is 385 cm³/mol. The maximum atomic E-state index is 5.11. The molecule has 0 atom stereocenters. The second-order valence-corrected chi connectivity index (χ2v) is 26.4. The summed E-state index contributed by atoms with van der Waals surface area (Å²) in [5.74, 6) is 1.89. The molecule has 0 saturated heterocycles. The molecular formula is C87H60N6. The quantitative estimate of drug-likeness (QED) is 0.152. The number of rotatable bonds is 8. The number of benzene rings is 13. The molecule has 2 aliphatic rings. The molecule has 17 aromatic rings. The van der Waals surface area contributed by atoms with Crippen LogP contribution >= 0.6 is 0 Å². The Balaban J connectivity index is 0.751. The van der Waals surface area contributed by atoms with Gasteiger partial charge < -0.3 is 13.7 Å². The Bertz CT molecular complexity index is 5940. The monoisotopic (exact) mass is 1190 g/mol. The van der Waals surface area contributed by atoms with Crippen molar-refractivity contribution in [3.63, 3.8) is 0 Å². The van der Waals surface area contributed by atoms with Gasteiger partial charge in [0, 0.05) is 76.9 Å². The lowest BCUT2D eigenvalue weighted by atomic mass is 9.82. The molecule has 0 unspecified atom stereocenters. The van der Waals surface area contributed by atoms with Crippen molar-refractivity contribution in [1.29, 1.82) is 0 Å². The summed E-state index contributed by atoms with van der Waals surface area (Å²) in [4.78, 5) is 15.2. The molecule has 19 rings (SSSR count). The van der Waals surface area contributed by atoms with Crippen LogP contribution in [0.25, 0.3) is 161 Å². The topological polar surface area (TPSA) is 53.5 Å². The summed E-state index contributed by atoms with van der Waals surface area (Å²) in [5, 5.41) is 7.25. The Morgan fingerprint density at radius 2 is 0.538 bits per heavy atom. The van der Waals surface area contributed by atoms with Gasteiger partial charge in [0.1, 0.15) is 0 Å². The Hall–Kier alpha value is -11.7. The lowest BCUT2D eigenvalue weighted by molar-refractivity contribution is 0.660. The number of para-hydroxylation sites is 2. The van der Waals surface area contributed by atoms with Crippen LogP contribution in [0, 0.1) is 0 Å². The van der Waals surface area contributed by atoms with Gasteiger partial charge in [-0.25, -0.2) is 15.0 Å². The third-order valence-electron chi connectivity index (χ3n) is 20.5. The molecule has 0 aliphatic heterocycles. The molecular weight excluding hydrogens is 1130 g/mol. The zero-order valence-electron chi connectivity index (χ0n) is 51.9. The molecule has 0 fully saturated rings. The van der Waals surface area contributed by atoms with E-state index < -0.39 is 0 Å². The van der Waals surface area contributed by atoms with E-state index in [0.29, 0.717) is 17.5 Å². The minimum Gasteiger partial charge on any atom is -0.309 e. The molecule has 6 heteroatoms. The summed E-state index contributed by atoms with van der Waals surface area (Å²) in [6.45, 7) is 9.48. The number of hydrogen-bond donors (Lipinski definition) is 0. The van der Waals surface area contributed by atoms with Gasteiger partial charge in [0.15, 0.2) is 17.5 Å². The van der Waals surface area contributed by atoms with Gasteiger partial charge in [-0.3, -0.25) is 0 Å². The molecule has 4 heterocycles. The molecule has 438 valence electrons. The number of nitrogens with zero attached hydrogens (tertiary/aromatic N) is 6. The molecule has 0 saturated carbocycles. The fourth-order valence-electron chi connectivity index (χ4n) is 15.9. The van der Waals surface area contributed by atoms with Crippen molar-refractivity contribution < 1.29 is 0 Å².